The third-order valence-electron chi connectivity index (χ3n) is 3.58. The first-order chi connectivity index (χ1) is 11.2. The van der Waals surface area contributed by atoms with Crippen LogP contribution in [-0.2, 0) is 14.8 Å². The van der Waals surface area contributed by atoms with Gasteiger partial charge in [0.15, 0.2) is 0 Å². The average Bonchev–Trinajstić information content (AvgIpc) is 2.51. The molecule has 24 heavy (non-hydrogen) atoms. The topological polar surface area (TPSA) is 54.5 Å². The smallest absolute Gasteiger partial charge is 0.267 e. The molecule has 6 heteroatoms. The van der Waals surface area contributed by atoms with Crippen molar-refractivity contribution in [2.45, 2.75) is 64.3 Å². The second-order valence-corrected chi connectivity index (χ2v) is 9.04. The number of benzene rings is 1. The van der Waals surface area contributed by atoms with Gasteiger partial charge < -0.3 is 0 Å². The van der Waals surface area contributed by atoms with Gasteiger partial charge in [0, 0.05) is 6.04 Å². The Hall–Kier alpha value is -0.890. The number of rotatable bonds is 8. The van der Waals surface area contributed by atoms with Gasteiger partial charge in [0.2, 0.25) is 0 Å². The predicted octanol–water partition coefficient (Wildman–Crippen LogP) is 4.82. The summed E-state index contributed by atoms with van der Waals surface area (Å²) in [5.74, 6) is -0.456. The Bertz CT molecular complexity index is 679. The number of unbranched alkanes of at least 4 members (excludes halogenated alkanes) is 3. The monoisotopic (exact) mass is 463 g/mol. The lowest BCUT2D eigenvalue weighted by atomic mass is 10.2. The van der Waals surface area contributed by atoms with Crippen LogP contribution in [0.5, 0.6) is 0 Å². The van der Waals surface area contributed by atoms with E-state index in [0.29, 0.717) is 3.58 Å². The highest BCUT2D eigenvalue weighted by Crippen LogP contribution is 2.23. The fraction of sp³-hybridized carbons (Fsp3) is 0.500. The molecule has 1 amide bonds. The van der Waals surface area contributed by atoms with E-state index in [1.807, 2.05) is 35.6 Å². The summed E-state index contributed by atoms with van der Waals surface area (Å²) in [6.07, 6.45) is 5.83. The van der Waals surface area contributed by atoms with Crippen LogP contribution in [0.3, 0.4) is 0 Å². The van der Waals surface area contributed by atoms with Crippen LogP contribution < -0.4 is 0 Å². The lowest BCUT2D eigenvalue weighted by Crippen LogP contribution is -2.41. The van der Waals surface area contributed by atoms with Gasteiger partial charge >= 0.3 is 0 Å². The first kappa shape index (κ1) is 21.2. The Morgan fingerprint density at radius 1 is 1.21 bits per heavy atom. The van der Waals surface area contributed by atoms with Crippen molar-refractivity contribution in [1.82, 2.24) is 4.31 Å². The lowest BCUT2D eigenvalue weighted by Gasteiger charge is -2.26. The van der Waals surface area contributed by atoms with E-state index in [0.717, 1.165) is 35.6 Å². The Kier molecular flexibility index (Phi) is 8.42. The van der Waals surface area contributed by atoms with E-state index in [1.165, 1.54) is 0 Å². The number of nitrogens with zero attached hydrogens (tertiary/aromatic N) is 1. The van der Waals surface area contributed by atoms with Crippen molar-refractivity contribution in [3.05, 3.63) is 39.5 Å². The summed E-state index contributed by atoms with van der Waals surface area (Å²) in [5, 5.41) is 0. The maximum Gasteiger partial charge on any atom is 0.273 e. The van der Waals surface area contributed by atoms with Crippen LogP contribution in [0.1, 0.15) is 52.0 Å². The van der Waals surface area contributed by atoms with Gasteiger partial charge in [0.1, 0.15) is 0 Å². The first-order valence-electron chi connectivity index (χ1n) is 8.23. The van der Waals surface area contributed by atoms with E-state index in [9.17, 15) is 13.2 Å². The number of hydrogen-bond donors (Lipinski definition) is 0. The molecule has 0 aliphatic heterocycles. The molecule has 0 aromatic heterocycles. The molecule has 1 aromatic rings. The summed E-state index contributed by atoms with van der Waals surface area (Å²) in [6, 6.07) is 6.12. The largest absolute Gasteiger partial charge is 0.273 e. The van der Waals surface area contributed by atoms with Gasteiger partial charge in [0.05, 0.1) is 8.48 Å². The normalized spacial score (nSPS) is 12.5. The molecule has 0 radical (unpaired) electrons. The molecule has 0 bridgehead atoms. The molecular weight excluding hydrogens is 437 g/mol. The first-order valence-corrected chi connectivity index (χ1v) is 10.7. The molecule has 134 valence electrons. The van der Waals surface area contributed by atoms with Crippen molar-refractivity contribution in [2.75, 3.05) is 0 Å². The molecule has 0 spiro atoms. The second kappa shape index (κ2) is 9.56. The van der Waals surface area contributed by atoms with Gasteiger partial charge in [-0.25, -0.2) is 12.7 Å². The van der Waals surface area contributed by atoms with Gasteiger partial charge in [-0.2, -0.15) is 0 Å². The Labute approximate surface area is 159 Å². The molecule has 1 aromatic carbocycles. The molecule has 0 saturated carbocycles. The van der Waals surface area contributed by atoms with Crippen LogP contribution in [0.25, 0.3) is 0 Å². The van der Waals surface area contributed by atoms with Crippen molar-refractivity contribution in [3.63, 3.8) is 0 Å². The summed E-state index contributed by atoms with van der Waals surface area (Å²) < 4.78 is 27.2. The average molecular weight is 463 g/mol. The number of carbonyl (C=O) groups excluding carboxylic acids is 1. The molecule has 0 heterocycles. The minimum Gasteiger partial charge on any atom is -0.267 e. The molecule has 0 aliphatic rings. The minimum atomic E-state index is -3.86. The van der Waals surface area contributed by atoms with Crippen molar-refractivity contribution in [3.8, 4) is 0 Å². The van der Waals surface area contributed by atoms with Crippen molar-refractivity contribution < 1.29 is 13.2 Å². The quantitative estimate of drug-likeness (QED) is 0.316. The zero-order valence-electron chi connectivity index (χ0n) is 14.8. The molecule has 0 saturated heterocycles. The predicted molar refractivity (Wildman–Crippen MR) is 107 cm³/mol. The molecular formula is C18H26INO3S. The third-order valence-corrected chi connectivity index (χ3v) is 6.46. The zero-order valence-corrected chi connectivity index (χ0v) is 17.7. The fourth-order valence-electron chi connectivity index (χ4n) is 2.26. The Morgan fingerprint density at radius 2 is 1.79 bits per heavy atom. The van der Waals surface area contributed by atoms with Crippen LogP contribution >= 0.6 is 22.6 Å². The Morgan fingerprint density at radius 3 is 2.29 bits per heavy atom. The highest BCUT2D eigenvalue weighted by molar-refractivity contribution is 14.1. The van der Waals surface area contributed by atoms with E-state index in [-0.39, 0.29) is 4.90 Å². The van der Waals surface area contributed by atoms with Crippen LogP contribution in [0.2, 0.25) is 0 Å². The SMILES string of the molecule is CCCCC/C=C(\I)C(=O)N(C(C)C)S(=O)(=O)c1ccc(C)cc1. The number of halogens is 1. The number of sulfonamides is 1. The van der Waals surface area contributed by atoms with E-state index in [1.54, 1.807) is 38.1 Å². The summed E-state index contributed by atoms with van der Waals surface area (Å²) in [6.45, 7) is 7.44. The molecule has 4 nitrogen and oxygen atoms in total. The van der Waals surface area contributed by atoms with Gasteiger partial charge in [0.25, 0.3) is 15.9 Å². The maximum atomic E-state index is 12.9. The van der Waals surface area contributed by atoms with Crippen LogP contribution in [0.15, 0.2) is 38.8 Å². The van der Waals surface area contributed by atoms with Crippen LogP contribution in [0, 0.1) is 6.92 Å². The van der Waals surface area contributed by atoms with Crippen LogP contribution in [-0.4, -0.2) is 24.7 Å². The highest BCUT2D eigenvalue weighted by atomic mass is 127. The molecule has 0 N–H and O–H groups in total. The van der Waals surface area contributed by atoms with E-state index < -0.39 is 22.0 Å². The van der Waals surface area contributed by atoms with Crippen LogP contribution in [0.4, 0.5) is 0 Å². The fourth-order valence-corrected chi connectivity index (χ4v) is 4.57. The summed E-state index contributed by atoms with van der Waals surface area (Å²) in [5.41, 5.74) is 0.974. The highest BCUT2D eigenvalue weighted by Gasteiger charge is 2.32. The summed E-state index contributed by atoms with van der Waals surface area (Å²) >= 11 is 1.94. The number of aryl methyl sites for hydroxylation is 1. The van der Waals surface area contributed by atoms with E-state index in [2.05, 4.69) is 6.92 Å². The van der Waals surface area contributed by atoms with Gasteiger partial charge in [-0.1, -0.05) is 43.5 Å². The third kappa shape index (κ3) is 5.58. The van der Waals surface area contributed by atoms with E-state index >= 15 is 0 Å². The van der Waals surface area contributed by atoms with Gasteiger partial charge in [-0.15, -0.1) is 0 Å². The van der Waals surface area contributed by atoms with E-state index in [4.69, 9.17) is 0 Å². The second-order valence-electron chi connectivity index (χ2n) is 6.06. The standard InChI is InChI=1S/C18H26INO3S/c1-5-6-7-8-9-17(19)18(21)20(14(2)3)24(22,23)16-12-10-15(4)11-13-16/h9-14H,5-8H2,1-4H3/b17-9-. The molecule has 0 aliphatic carbocycles. The number of carbonyl (C=O) groups is 1. The van der Waals surface area contributed by atoms with Gasteiger partial charge in [-0.3, -0.25) is 4.79 Å². The van der Waals surface area contributed by atoms with Crippen molar-refractivity contribution in [1.29, 1.82) is 0 Å². The number of allylic oxidation sites excluding steroid dienone is 1. The molecule has 1 rings (SSSR count). The van der Waals surface area contributed by atoms with Crippen molar-refractivity contribution in [2.24, 2.45) is 0 Å². The Balaban J connectivity index is 3.09. The number of amides is 1. The maximum absolute atomic E-state index is 12.9. The number of hydrogen-bond acceptors (Lipinski definition) is 3. The molecule has 0 unspecified atom stereocenters. The lowest BCUT2D eigenvalue weighted by molar-refractivity contribution is -0.122. The zero-order chi connectivity index (χ0) is 18.3. The molecule has 0 atom stereocenters. The van der Waals surface area contributed by atoms with Crippen molar-refractivity contribution >= 4 is 38.5 Å². The minimum absolute atomic E-state index is 0.144. The molecule has 0 fully saturated rings. The summed E-state index contributed by atoms with van der Waals surface area (Å²) in [7, 11) is -3.86. The van der Waals surface area contributed by atoms with Gasteiger partial charge in [-0.05, 0) is 68.3 Å². The summed E-state index contributed by atoms with van der Waals surface area (Å²) in [4.78, 5) is 12.9.